The van der Waals surface area contributed by atoms with E-state index in [0.717, 1.165) is 16.7 Å². The Morgan fingerprint density at radius 2 is 1.94 bits per heavy atom. The Balaban J connectivity index is 1.70. The molecular formula is C23H26ClN3O4. The first-order valence-electron chi connectivity index (χ1n) is 10.1. The number of halogens is 1. The smallest absolute Gasteiger partial charge is 0.246 e. The normalized spacial score (nSPS) is 13.8. The predicted molar refractivity (Wildman–Crippen MR) is 119 cm³/mol. The van der Waals surface area contributed by atoms with Crippen molar-refractivity contribution in [1.29, 1.82) is 0 Å². The van der Waals surface area contributed by atoms with Crippen molar-refractivity contribution < 1.29 is 19.4 Å². The summed E-state index contributed by atoms with van der Waals surface area (Å²) in [6.45, 7) is 5.45. The number of methoxy groups -OCH3 is 1. The molecule has 7 nitrogen and oxygen atoms in total. The molecule has 1 aliphatic rings. The first kappa shape index (κ1) is 22.8. The second-order valence-electron chi connectivity index (χ2n) is 7.25. The number of carbonyl (C=O) groups excluding carboxylic acids is 2. The zero-order valence-corrected chi connectivity index (χ0v) is 18.3. The van der Waals surface area contributed by atoms with E-state index < -0.39 is 0 Å². The maximum absolute atomic E-state index is 12.7. The lowest BCUT2D eigenvalue weighted by atomic mass is 10.00. The van der Waals surface area contributed by atoms with Crippen LogP contribution in [0.25, 0.3) is 11.1 Å². The van der Waals surface area contributed by atoms with E-state index in [9.17, 15) is 14.7 Å². The molecule has 0 aliphatic carbocycles. The van der Waals surface area contributed by atoms with Crippen molar-refractivity contribution >= 4 is 23.4 Å². The van der Waals surface area contributed by atoms with Crippen LogP contribution in [0.1, 0.15) is 17.7 Å². The zero-order chi connectivity index (χ0) is 22.4. The van der Waals surface area contributed by atoms with E-state index in [0.29, 0.717) is 55.5 Å². The summed E-state index contributed by atoms with van der Waals surface area (Å²) in [7, 11) is 1.57. The first-order valence-corrected chi connectivity index (χ1v) is 10.5. The number of aliphatic hydroxyl groups excluding tert-OH is 1. The molecule has 1 aliphatic heterocycles. The summed E-state index contributed by atoms with van der Waals surface area (Å²) in [6, 6.07) is 7.27. The van der Waals surface area contributed by atoms with Gasteiger partial charge in [-0.25, -0.2) is 0 Å². The second kappa shape index (κ2) is 10.4. The number of carbonyl (C=O) groups is 2. The van der Waals surface area contributed by atoms with Gasteiger partial charge < -0.3 is 19.6 Å². The molecule has 31 heavy (non-hydrogen) atoms. The molecule has 0 radical (unpaired) electrons. The van der Waals surface area contributed by atoms with Crippen LogP contribution in [0.3, 0.4) is 0 Å². The third kappa shape index (κ3) is 5.42. The number of aromatic nitrogens is 1. The van der Waals surface area contributed by atoms with Gasteiger partial charge in [-0.05, 0) is 36.3 Å². The van der Waals surface area contributed by atoms with E-state index in [2.05, 4.69) is 11.6 Å². The minimum absolute atomic E-state index is 0.0400. The van der Waals surface area contributed by atoms with E-state index >= 15 is 0 Å². The molecule has 0 bridgehead atoms. The van der Waals surface area contributed by atoms with Crippen molar-refractivity contribution in [2.24, 2.45) is 0 Å². The molecule has 8 heteroatoms. The average molecular weight is 444 g/mol. The topological polar surface area (TPSA) is 83.0 Å². The predicted octanol–water partition coefficient (Wildman–Crippen LogP) is 2.69. The highest BCUT2D eigenvalue weighted by Crippen LogP contribution is 2.34. The molecule has 164 valence electrons. The summed E-state index contributed by atoms with van der Waals surface area (Å²) in [4.78, 5) is 32.1. The summed E-state index contributed by atoms with van der Waals surface area (Å²) < 4.78 is 5.47. The number of aryl methyl sites for hydroxylation is 1. The van der Waals surface area contributed by atoms with Gasteiger partial charge in [0.1, 0.15) is 5.75 Å². The fraction of sp³-hybridized carbons (Fsp3) is 0.348. The summed E-state index contributed by atoms with van der Waals surface area (Å²) in [6.07, 6.45) is 3.79. The minimum atomic E-state index is -0.125. The Bertz CT molecular complexity index is 954. The summed E-state index contributed by atoms with van der Waals surface area (Å²) >= 11 is 6.45. The zero-order valence-electron chi connectivity index (χ0n) is 17.5. The Morgan fingerprint density at radius 3 is 2.52 bits per heavy atom. The van der Waals surface area contributed by atoms with Crippen LogP contribution < -0.4 is 4.74 Å². The molecule has 0 spiro atoms. The van der Waals surface area contributed by atoms with Crippen LogP contribution in [0.5, 0.6) is 5.75 Å². The number of hydrogen-bond donors (Lipinski definition) is 1. The van der Waals surface area contributed by atoms with Crippen molar-refractivity contribution in [2.45, 2.75) is 19.4 Å². The highest BCUT2D eigenvalue weighted by molar-refractivity contribution is 6.33. The van der Waals surface area contributed by atoms with Crippen molar-refractivity contribution in [3.63, 3.8) is 0 Å². The highest BCUT2D eigenvalue weighted by Gasteiger charge is 2.23. The van der Waals surface area contributed by atoms with E-state index in [4.69, 9.17) is 16.3 Å². The van der Waals surface area contributed by atoms with Crippen LogP contribution in [0, 0.1) is 0 Å². The standard InChI is InChI=1S/C23H26ClN3O4/c1-3-22(29)26-8-10-27(11-9-26)23(30)7-5-16-12-19(20(24)13-21(16)31-2)17-4-6-18(15-28)25-14-17/h3-4,6,12-14,28H,1,5,7-11,15H2,2H3. The number of piperazine rings is 1. The van der Waals surface area contributed by atoms with Gasteiger partial charge in [-0.15, -0.1) is 0 Å². The van der Waals surface area contributed by atoms with Crippen LogP contribution in [-0.4, -0.2) is 65.0 Å². The Morgan fingerprint density at radius 1 is 1.23 bits per heavy atom. The molecule has 0 saturated carbocycles. The van der Waals surface area contributed by atoms with E-state index in [1.54, 1.807) is 35.2 Å². The molecular weight excluding hydrogens is 418 g/mol. The third-order valence-electron chi connectivity index (χ3n) is 5.39. The second-order valence-corrected chi connectivity index (χ2v) is 7.66. The van der Waals surface area contributed by atoms with Crippen LogP contribution in [0.2, 0.25) is 5.02 Å². The number of ether oxygens (including phenoxy) is 1. The fourth-order valence-electron chi connectivity index (χ4n) is 3.59. The molecule has 1 aromatic heterocycles. The Kier molecular flexibility index (Phi) is 7.65. The van der Waals surface area contributed by atoms with Gasteiger partial charge >= 0.3 is 0 Å². The van der Waals surface area contributed by atoms with Crippen molar-refractivity contribution in [3.05, 3.63) is 59.4 Å². The molecule has 3 rings (SSSR count). The van der Waals surface area contributed by atoms with Gasteiger partial charge in [-0.3, -0.25) is 14.6 Å². The molecule has 2 aromatic rings. The summed E-state index contributed by atoms with van der Waals surface area (Å²) in [5.41, 5.74) is 3.06. The molecule has 0 atom stereocenters. The number of nitrogens with zero attached hydrogens (tertiary/aromatic N) is 3. The fourth-order valence-corrected chi connectivity index (χ4v) is 3.85. The molecule has 1 N–H and O–H groups in total. The number of pyridine rings is 1. The molecule has 1 fully saturated rings. The van der Waals surface area contributed by atoms with E-state index in [-0.39, 0.29) is 18.4 Å². The number of hydrogen-bond acceptors (Lipinski definition) is 5. The van der Waals surface area contributed by atoms with E-state index in [1.807, 2.05) is 12.1 Å². The lowest BCUT2D eigenvalue weighted by Gasteiger charge is -2.34. The average Bonchev–Trinajstić information content (AvgIpc) is 2.82. The van der Waals surface area contributed by atoms with Gasteiger partial charge in [0.05, 0.1) is 24.4 Å². The Hall–Kier alpha value is -2.90. The molecule has 0 unspecified atom stereocenters. The number of benzene rings is 1. The van der Waals surface area contributed by atoms with Crippen molar-refractivity contribution in [1.82, 2.24) is 14.8 Å². The maximum Gasteiger partial charge on any atom is 0.246 e. The monoisotopic (exact) mass is 443 g/mol. The van der Waals surface area contributed by atoms with Gasteiger partial charge in [-0.2, -0.15) is 0 Å². The molecule has 2 amide bonds. The minimum Gasteiger partial charge on any atom is -0.496 e. The van der Waals surface area contributed by atoms with Crippen molar-refractivity contribution in [3.8, 4) is 16.9 Å². The maximum atomic E-state index is 12.7. The van der Waals surface area contributed by atoms with Crippen molar-refractivity contribution in [2.75, 3.05) is 33.3 Å². The number of aliphatic hydroxyl groups is 1. The lowest BCUT2D eigenvalue weighted by molar-refractivity contribution is -0.137. The molecule has 1 aromatic carbocycles. The first-order chi connectivity index (χ1) is 15.0. The SMILES string of the molecule is C=CC(=O)N1CCN(C(=O)CCc2cc(-c3ccc(CO)nc3)c(Cl)cc2OC)CC1. The van der Waals surface area contributed by atoms with E-state index in [1.165, 1.54) is 6.08 Å². The number of amides is 2. The van der Waals surface area contributed by atoms with Crippen LogP contribution in [-0.2, 0) is 22.6 Å². The third-order valence-corrected chi connectivity index (χ3v) is 5.71. The molecule has 2 heterocycles. The van der Waals surface area contributed by atoms with Crippen LogP contribution >= 0.6 is 11.6 Å². The van der Waals surface area contributed by atoms with Crippen LogP contribution in [0.15, 0.2) is 43.1 Å². The summed E-state index contributed by atoms with van der Waals surface area (Å²) in [5.74, 6) is 0.563. The van der Waals surface area contributed by atoms with Gasteiger partial charge in [-0.1, -0.05) is 24.2 Å². The largest absolute Gasteiger partial charge is 0.496 e. The van der Waals surface area contributed by atoms with Crippen LogP contribution in [0.4, 0.5) is 0 Å². The van der Waals surface area contributed by atoms with Gasteiger partial charge in [0.2, 0.25) is 11.8 Å². The number of rotatable bonds is 7. The van der Waals surface area contributed by atoms with Gasteiger partial charge in [0.25, 0.3) is 0 Å². The Labute approximate surface area is 186 Å². The van der Waals surface area contributed by atoms with Gasteiger partial charge in [0, 0.05) is 49.9 Å². The lowest BCUT2D eigenvalue weighted by Crippen LogP contribution is -2.50. The highest BCUT2D eigenvalue weighted by atomic mass is 35.5. The quantitative estimate of drug-likeness (QED) is 0.665. The molecule has 1 saturated heterocycles. The van der Waals surface area contributed by atoms with Gasteiger partial charge in [0.15, 0.2) is 0 Å². The summed E-state index contributed by atoms with van der Waals surface area (Å²) in [5, 5.41) is 9.71.